The molecule has 0 unspecified atom stereocenters. The summed E-state index contributed by atoms with van der Waals surface area (Å²) < 4.78 is 0. The summed E-state index contributed by atoms with van der Waals surface area (Å²) in [5, 5.41) is 3.07. The Morgan fingerprint density at radius 1 is 1.13 bits per heavy atom. The lowest BCUT2D eigenvalue weighted by Crippen LogP contribution is -2.34. The van der Waals surface area contributed by atoms with E-state index in [2.05, 4.69) is 40.5 Å². The van der Waals surface area contributed by atoms with Gasteiger partial charge in [-0.15, -0.1) is 0 Å². The molecule has 0 saturated heterocycles. The molecule has 2 aromatic rings. The van der Waals surface area contributed by atoms with E-state index in [-0.39, 0.29) is 5.91 Å². The zero-order valence-electron chi connectivity index (χ0n) is 13.9. The topological polar surface area (TPSA) is 32.3 Å². The second-order valence-electron chi connectivity index (χ2n) is 6.49. The molecule has 1 amide bonds. The minimum atomic E-state index is 0.0709. The summed E-state index contributed by atoms with van der Waals surface area (Å²) in [6, 6.07) is 17.1. The van der Waals surface area contributed by atoms with Gasteiger partial charge in [-0.25, -0.2) is 0 Å². The Labute approximate surface area is 138 Å². The van der Waals surface area contributed by atoms with Crippen LogP contribution in [0.15, 0.2) is 48.5 Å². The largest absolute Gasteiger partial charge is 0.325 e. The van der Waals surface area contributed by atoms with Crippen molar-refractivity contribution in [2.75, 3.05) is 11.9 Å². The van der Waals surface area contributed by atoms with Crippen LogP contribution in [0.1, 0.15) is 29.5 Å². The van der Waals surface area contributed by atoms with Crippen molar-refractivity contribution in [1.82, 2.24) is 4.90 Å². The minimum Gasteiger partial charge on any atom is -0.325 e. The summed E-state index contributed by atoms with van der Waals surface area (Å²) in [5.74, 6) is 0.0709. The van der Waals surface area contributed by atoms with Crippen molar-refractivity contribution in [1.29, 1.82) is 0 Å². The lowest BCUT2D eigenvalue weighted by atomic mass is 10.1. The van der Waals surface area contributed by atoms with Gasteiger partial charge in [-0.1, -0.05) is 42.5 Å². The van der Waals surface area contributed by atoms with Crippen LogP contribution in [0.4, 0.5) is 5.69 Å². The Kier molecular flexibility index (Phi) is 4.77. The number of hydrogen-bond donors (Lipinski definition) is 1. The summed E-state index contributed by atoms with van der Waals surface area (Å²) in [4.78, 5) is 14.7. The van der Waals surface area contributed by atoms with Crippen molar-refractivity contribution in [3.05, 3.63) is 65.2 Å². The number of carbonyl (C=O) groups is 1. The Hall–Kier alpha value is -2.13. The molecule has 3 heteroatoms. The van der Waals surface area contributed by atoms with Gasteiger partial charge in [0.2, 0.25) is 5.91 Å². The number of carbonyl (C=O) groups excluding carboxylic acids is 1. The van der Waals surface area contributed by atoms with Crippen LogP contribution in [-0.4, -0.2) is 23.4 Å². The van der Waals surface area contributed by atoms with E-state index in [1.54, 1.807) is 0 Å². The number of hydrogen-bond acceptors (Lipinski definition) is 2. The molecule has 0 radical (unpaired) electrons. The van der Waals surface area contributed by atoms with Crippen molar-refractivity contribution in [3.8, 4) is 0 Å². The van der Waals surface area contributed by atoms with Gasteiger partial charge in [0.1, 0.15) is 0 Å². The molecule has 0 aliphatic heterocycles. The van der Waals surface area contributed by atoms with Gasteiger partial charge in [-0.05, 0) is 49.4 Å². The average molecular weight is 308 g/mol. The number of amides is 1. The standard InChI is InChI=1S/C20H24N2O/c1-15-8-9-16(2)19(12-15)21-20(23)14-22(18-10-11-18)13-17-6-4-3-5-7-17/h3-9,12,18H,10-11,13-14H2,1-2H3,(H,21,23). The maximum Gasteiger partial charge on any atom is 0.238 e. The van der Waals surface area contributed by atoms with Gasteiger partial charge in [0.05, 0.1) is 6.54 Å². The Bertz CT molecular complexity index is 677. The van der Waals surface area contributed by atoms with Gasteiger partial charge in [0.15, 0.2) is 0 Å². The molecular formula is C20H24N2O. The number of anilines is 1. The molecule has 0 spiro atoms. The fourth-order valence-corrected chi connectivity index (χ4v) is 2.82. The van der Waals surface area contributed by atoms with E-state index in [1.807, 2.05) is 32.0 Å². The zero-order valence-corrected chi connectivity index (χ0v) is 13.9. The van der Waals surface area contributed by atoms with Crippen LogP contribution >= 0.6 is 0 Å². The van der Waals surface area contributed by atoms with E-state index in [9.17, 15) is 4.79 Å². The first-order valence-corrected chi connectivity index (χ1v) is 8.27. The predicted octanol–water partition coefficient (Wildman–Crippen LogP) is 3.91. The van der Waals surface area contributed by atoms with E-state index in [1.165, 1.54) is 18.4 Å². The van der Waals surface area contributed by atoms with Gasteiger partial charge in [-0.3, -0.25) is 9.69 Å². The fourth-order valence-electron chi connectivity index (χ4n) is 2.82. The molecule has 1 fully saturated rings. The van der Waals surface area contributed by atoms with E-state index in [4.69, 9.17) is 0 Å². The van der Waals surface area contributed by atoms with Gasteiger partial charge < -0.3 is 5.32 Å². The van der Waals surface area contributed by atoms with Crippen molar-refractivity contribution in [2.24, 2.45) is 0 Å². The number of nitrogens with zero attached hydrogens (tertiary/aromatic N) is 1. The van der Waals surface area contributed by atoms with Crippen molar-refractivity contribution >= 4 is 11.6 Å². The molecule has 1 aliphatic rings. The average Bonchev–Trinajstić information content (AvgIpc) is 3.36. The molecule has 0 heterocycles. The number of benzene rings is 2. The first-order chi connectivity index (χ1) is 11.1. The molecule has 1 aliphatic carbocycles. The third-order valence-corrected chi connectivity index (χ3v) is 4.31. The monoisotopic (exact) mass is 308 g/mol. The molecule has 0 aromatic heterocycles. The highest BCUT2D eigenvalue weighted by atomic mass is 16.2. The lowest BCUT2D eigenvalue weighted by molar-refractivity contribution is -0.117. The van der Waals surface area contributed by atoms with Crippen LogP contribution in [0.25, 0.3) is 0 Å². The summed E-state index contributed by atoms with van der Waals surface area (Å²) in [6.45, 7) is 5.36. The highest BCUT2D eigenvalue weighted by Crippen LogP contribution is 2.28. The molecule has 0 atom stereocenters. The maximum absolute atomic E-state index is 12.5. The summed E-state index contributed by atoms with van der Waals surface area (Å²) in [6.07, 6.45) is 2.40. The normalized spacial score (nSPS) is 14.0. The second-order valence-corrected chi connectivity index (χ2v) is 6.49. The molecule has 3 rings (SSSR count). The van der Waals surface area contributed by atoms with E-state index >= 15 is 0 Å². The van der Waals surface area contributed by atoms with Gasteiger partial charge >= 0.3 is 0 Å². The molecule has 1 saturated carbocycles. The number of aryl methyl sites for hydroxylation is 2. The third kappa shape index (κ3) is 4.42. The molecule has 2 aromatic carbocycles. The smallest absolute Gasteiger partial charge is 0.238 e. The van der Waals surface area contributed by atoms with Crippen molar-refractivity contribution in [2.45, 2.75) is 39.3 Å². The van der Waals surface area contributed by atoms with Gasteiger partial charge in [0, 0.05) is 18.3 Å². The van der Waals surface area contributed by atoms with E-state index in [0.29, 0.717) is 12.6 Å². The molecule has 23 heavy (non-hydrogen) atoms. The van der Waals surface area contributed by atoms with Crippen LogP contribution in [0.3, 0.4) is 0 Å². The molecular weight excluding hydrogens is 284 g/mol. The van der Waals surface area contributed by atoms with Crippen LogP contribution < -0.4 is 5.32 Å². The first-order valence-electron chi connectivity index (χ1n) is 8.27. The Morgan fingerprint density at radius 3 is 2.57 bits per heavy atom. The molecule has 120 valence electrons. The predicted molar refractivity (Wildman–Crippen MR) is 94.4 cm³/mol. The summed E-state index contributed by atoms with van der Waals surface area (Å²) in [5.41, 5.74) is 4.45. The Balaban J connectivity index is 1.63. The lowest BCUT2D eigenvalue weighted by Gasteiger charge is -2.22. The van der Waals surface area contributed by atoms with Gasteiger partial charge in [-0.2, -0.15) is 0 Å². The van der Waals surface area contributed by atoms with Crippen LogP contribution in [0, 0.1) is 13.8 Å². The SMILES string of the molecule is Cc1ccc(C)c(NC(=O)CN(Cc2ccccc2)C2CC2)c1. The quantitative estimate of drug-likeness (QED) is 0.877. The third-order valence-electron chi connectivity index (χ3n) is 4.31. The highest BCUT2D eigenvalue weighted by molar-refractivity contribution is 5.93. The van der Waals surface area contributed by atoms with Crippen molar-refractivity contribution in [3.63, 3.8) is 0 Å². The molecule has 0 bridgehead atoms. The summed E-state index contributed by atoms with van der Waals surface area (Å²) >= 11 is 0. The maximum atomic E-state index is 12.5. The molecule has 1 N–H and O–H groups in total. The van der Waals surface area contributed by atoms with E-state index < -0.39 is 0 Å². The Morgan fingerprint density at radius 2 is 1.87 bits per heavy atom. The minimum absolute atomic E-state index is 0.0709. The molecule has 3 nitrogen and oxygen atoms in total. The first kappa shape index (κ1) is 15.8. The van der Waals surface area contributed by atoms with Crippen molar-refractivity contribution < 1.29 is 4.79 Å². The van der Waals surface area contributed by atoms with Gasteiger partial charge in [0.25, 0.3) is 0 Å². The zero-order chi connectivity index (χ0) is 16.2. The van der Waals surface area contributed by atoms with E-state index in [0.717, 1.165) is 23.4 Å². The van der Waals surface area contributed by atoms with Crippen LogP contribution in [0.5, 0.6) is 0 Å². The highest BCUT2D eigenvalue weighted by Gasteiger charge is 2.30. The van der Waals surface area contributed by atoms with Crippen LogP contribution in [0.2, 0.25) is 0 Å². The number of nitrogens with one attached hydrogen (secondary N) is 1. The second kappa shape index (κ2) is 6.97. The fraction of sp³-hybridized carbons (Fsp3) is 0.350. The summed E-state index contributed by atoms with van der Waals surface area (Å²) in [7, 11) is 0. The van der Waals surface area contributed by atoms with Crippen LogP contribution in [-0.2, 0) is 11.3 Å². The number of rotatable bonds is 6.